The molecule has 1 atom stereocenters. The van der Waals surface area contributed by atoms with Gasteiger partial charge in [0.05, 0.1) is 0 Å². The van der Waals surface area contributed by atoms with E-state index in [1.165, 1.54) is 38.6 Å². The maximum atomic E-state index is 5.19. The molecule has 1 aliphatic rings. The summed E-state index contributed by atoms with van der Waals surface area (Å²) in [7, 11) is 0. The summed E-state index contributed by atoms with van der Waals surface area (Å²) < 4.78 is 0. The van der Waals surface area contributed by atoms with Crippen LogP contribution in [-0.4, -0.2) is 12.6 Å². The van der Waals surface area contributed by atoms with Crippen molar-refractivity contribution in [3.05, 3.63) is 0 Å². The van der Waals surface area contributed by atoms with E-state index in [4.69, 9.17) is 6.42 Å². The zero-order valence-corrected chi connectivity index (χ0v) is 8.68. The topological polar surface area (TPSA) is 12.0 Å². The van der Waals surface area contributed by atoms with Gasteiger partial charge in [0, 0.05) is 12.5 Å². The molecule has 13 heavy (non-hydrogen) atoms. The summed E-state index contributed by atoms with van der Waals surface area (Å²) in [6.45, 7) is 3.52. The summed E-state index contributed by atoms with van der Waals surface area (Å²) in [5.41, 5.74) is 0. The minimum absolute atomic E-state index is 0.818. The Morgan fingerprint density at radius 2 is 2.23 bits per heavy atom. The summed E-state index contributed by atoms with van der Waals surface area (Å²) in [6.07, 6.45) is 12.7. The minimum Gasteiger partial charge on any atom is -0.314 e. The van der Waals surface area contributed by atoms with Gasteiger partial charge in [-0.2, -0.15) is 0 Å². The van der Waals surface area contributed by atoms with Gasteiger partial charge in [-0.15, -0.1) is 12.3 Å². The van der Waals surface area contributed by atoms with Crippen LogP contribution in [0.1, 0.15) is 45.4 Å². The van der Waals surface area contributed by atoms with Crippen LogP contribution < -0.4 is 5.32 Å². The molecule has 0 spiro atoms. The molecule has 1 rings (SSSR count). The lowest BCUT2D eigenvalue weighted by atomic mass is 10.0. The van der Waals surface area contributed by atoms with E-state index in [1.807, 2.05) is 0 Å². The molecule has 1 saturated carbocycles. The number of hydrogen-bond donors (Lipinski definition) is 1. The monoisotopic (exact) mass is 179 g/mol. The third kappa shape index (κ3) is 5.71. The Balaban J connectivity index is 1.85. The van der Waals surface area contributed by atoms with E-state index in [0.29, 0.717) is 0 Å². The Morgan fingerprint density at radius 1 is 1.46 bits per heavy atom. The van der Waals surface area contributed by atoms with Crippen molar-refractivity contribution < 1.29 is 0 Å². The Hall–Kier alpha value is -0.480. The maximum absolute atomic E-state index is 5.19. The van der Waals surface area contributed by atoms with E-state index in [1.54, 1.807) is 0 Å². The van der Waals surface area contributed by atoms with E-state index < -0.39 is 0 Å². The highest BCUT2D eigenvalue weighted by Crippen LogP contribution is 2.19. The first-order valence-corrected chi connectivity index (χ1v) is 5.49. The molecule has 1 unspecified atom stereocenters. The second-order valence-electron chi connectivity index (χ2n) is 4.24. The molecule has 0 aromatic rings. The Labute approximate surface area is 82.3 Å². The second-order valence-corrected chi connectivity index (χ2v) is 4.24. The van der Waals surface area contributed by atoms with Gasteiger partial charge >= 0.3 is 0 Å². The first-order chi connectivity index (χ1) is 6.33. The Bertz CT molecular complexity index is 164. The van der Waals surface area contributed by atoms with Crippen molar-refractivity contribution in [2.45, 2.75) is 51.5 Å². The van der Waals surface area contributed by atoms with E-state index in [0.717, 1.165) is 18.4 Å². The van der Waals surface area contributed by atoms with Crippen LogP contribution in [0.5, 0.6) is 0 Å². The number of terminal acetylenes is 1. The largest absolute Gasteiger partial charge is 0.314 e. The first-order valence-electron chi connectivity index (χ1n) is 5.49. The zero-order valence-electron chi connectivity index (χ0n) is 8.68. The lowest BCUT2D eigenvalue weighted by Crippen LogP contribution is -2.23. The average molecular weight is 179 g/mol. The molecule has 1 N–H and O–H groups in total. The lowest BCUT2D eigenvalue weighted by molar-refractivity contribution is 0.459. The molecule has 0 amide bonds. The molecule has 0 aromatic carbocycles. The van der Waals surface area contributed by atoms with E-state index in [-0.39, 0.29) is 0 Å². The predicted octanol–water partition coefficient (Wildman–Crippen LogP) is 2.57. The Morgan fingerprint density at radius 3 is 2.85 bits per heavy atom. The summed E-state index contributed by atoms with van der Waals surface area (Å²) in [4.78, 5) is 0. The van der Waals surface area contributed by atoms with Crippen LogP contribution in [0.15, 0.2) is 0 Å². The number of rotatable bonds is 7. The van der Waals surface area contributed by atoms with Crippen LogP contribution in [-0.2, 0) is 0 Å². The van der Waals surface area contributed by atoms with Crippen LogP contribution in [0.25, 0.3) is 0 Å². The van der Waals surface area contributed by atoms with Crippen LogP contribution in [0.4, 0.5) is 0 Å². The number of unbranched alkanes of at least 4 members (excludes halogenated alkanes) is 2. The molecule has 0 saturated heterocycles. The smallest absolute Gasteiger partial charge is 0.00860 e. The summed E-state index contributed by atoms with van der Waals surface area (Å²) in [5.74, 6) is 3.50. The highest BCUT2D eigenvalue weighted by atomic mass is 14.9. The highest BCUT2D eigenvalue weighted by molar-refractivity contribution is 4.83. The third-order valence-corrected chi connectivity index (χ3v) is 2.60. The molecule has 0 aliphatic heterocycles. The van der Waals surface area contributed by atoms with Crippen LogP contribution in [0.3, 0.4) is 0 Å². The quantitative estimate of drug-likeness (QED) is 0.468. The van der Waals surface area contributed by atoms with Crippen molar-refractivity contribution in [2.24, 2.45) is 5.92 Å². The normalized spacial score (nSPS) is 18.2. The van der Waals surface area contributed by atoms with Crippen molar-refractivity contribution in [3.8, 4) is 12.3 Å². The molecule has 1 aliphatic carbocycles. The molecular formula is C12H21N. The van der Waals surface area contributed by atoms with Gasteiger partial charge in [0.25, 0.3) is 0 Å². The van der Waals surface area contributed by atoms with Crippen molar-refractivity contribution in [1.82, 2.24) is 5.32 Å². The van der Waals surface area contributed by atoms with Gasteiger partial charge in [-0.05, 0) is 38.1 Å². The summed E-state index contributed by atoms with van der Waals surface area (Å²) >= 11 is 0. The van der Waals surface area contributed by atoms with Crippen LogP contribution in [0, 0.1) is 18.3 Å². The number of nitrogens with one attached hydrogen (secondary N) is 1. The van der Waals surface area contributed by atoms with Gasteiger partial charge in [0.2, 0.25) is 0 Å². The fourth-order valence-corrected chi connectivity index (χ4v) is 1.48. The first kappa shape index (κ1) is 10.6. The fourth-order valence-electron chi connectivity index (χ4n) is 1.48. The van der Waals surface area contributed by atoms with Gasteiger partial charge < -0.3 is 5.32 Å². The van der Waals surface area contributed by atoms with Crippen LogP contribution in [0.2, 0.25) is 0 Å². The molecule has 1 nitrogen and oxygen atoms in total. The fraction of sp³-hybridized carbons (Fsp3) is 0.833. The molecule has 1 fully saturated rings. The van der Waals surface area contributed by atoms with Gasteiger partial charge in [-0.3, -0.25) is 0 Å². The molecule has 0 radical (unpaired) electrons. The number of hydrogen-bond acceptors (Lipinski definition) is 1. The average Bonchev–Trinajstić information content (AvgIpc) is 2.92. The van der Waals surface area contributed by atoms with Crippen LogP contribution >= 0.6 is 0 Å². The van der Waals surface area contributed by atoms with E-state index in [9.17, 15) is 0 Å². The molecule has 74 valence electrons. The lowest BCUT2D eigenvalue weighted by Gasteiger charge is -2.11. The standard InChI is InChI=1S/C12H21N/c1-3-4-5-6-7-11(2)10-13-12-8-9-12/h1,11-13H,4-10H2,2H3. The van der Waals surface area contributed by atoms with E-state index >= 15 is 0 Å². The third-order valence-electron chi connectivity index (χ3n) is 2.60. The van der Waals surface area contributed by atoms with Crippen molar-refractivity contribution in [2.75, 3.05) is 6.54 Å². The van der Waals surface area contributed by atoms with Gasteiger partial charge in [0.15, 0.2) is 0 Å². The van der Waals surface area contributed by atoms with E-state index in [2.05, 4.69) is 18.2 Å². The van der Waals surface area contributed by atoms with Gasteiger partial charge in [-0.25, -0.2) is 0 Å². The Kier molecular flexibility index (Phi) is 4.93. The SMILES string of the molecule is C#CCCCCC(C)CNC1CC1. The zero-order chi connectivity index (χ0) is 9.52. The summed E-state index contributed by atoms with van der Waals surface area (Å²) in [6, 6.07) is 0.855. The molecule has 0 heterocycles. The highest BCUT2D eigenvalue weighted by Gasteiger charge is 2.20. The predicted molar refractivity (Wildman–Crippen MR) is 57.5 cm³/mol. The van der Waals surface area contributed by atoms with Gasteiger partial charge in [0.1, 0.15) is 0 Å². The minimum atomic E-state index is 0.818. The molecule has 0 aromatic heterocycles. The van der Waals surface area contributed by atoms with Gasteiger partial charge in [-0.1, -0.05) is 13.3 Å². The second kappa shape index (κ2) is 6.05. The maximum Gasteiger partial charge on any atom is 0.00860 e. The summed E-state index contributed by atoms with van der Waals surface area (Å²) in [5, 5.41) is 3.56. The van der Waals surface area contributed by atoms with Crippen molar-refractivity contribution in [1.29, 1.82) is 0 Å². The van der Waals surface area contributed by atoms with Crippen molar-refractivity contribution >= 4 is 0 Å². The molecule has 0 bridgehead atoms. The molecular weight excluding hydrogens is 158 g/mol. The molecule has 1 heteroatoms. The van der Waals surface area contributed by atoms with Crippen molar-refractivity contribution in [3.63, 3.8) is 0 Å².